The molecule has 1 fully saturated rings. The fourth-order valence-electron chi connectivity index (χ4n) is 1.86. The lowest BCUT2D eigenvalue weighted by atomic mass is 9.77. The van der Waals surface area contributed by atoms with E-state index in [-0.39, 0.29) is 11.5 Å². The fourth-order valence-corrected chi connectivity index (χ4v) is 2.71. The maximum Gasteiger partial charge on any atom is 0.353 e. The molecule has 1 aliphatic rings. The number of aromatic nitrogens is 2. The van der Waals surface area contributed by atoms with Gasteiger partial charge in [-0.1, -0.05) is 0 Å². The van der Waals surface area contributed by atoms with Crippen LogP contribution in [0.1, 0.15) is 35.6 Å². The monoisotopic (exact) mass is 260 g/mol. The lowest BCUT2D eigenvalue weighted by molar-refractivity contribution is 0.0690. The second kappa shape index (κ2) is 3.79. The van der Waals surface area contributed by atoms with Gasteiger partial charge in [0.15, 0.2) is 0 Å². The van der Waals surface area contributed by atoms with Crippen molar-refractivity contribution in [3.05, 3.63) is 17.7 Å². The molecule has 0 spiro atoms. The summed E-state index contributed by atoms with van der Waals surface area (Å²) < 4.78 is 24.4. The van der Waals surface area contributed by atoms with Gasteiger partial charge in [0, 0.05) is 0 Å². The largest absolute Gasteiger partial charge is 0.477 e. The van der Waals surface area contributed by atoms with E-state index in [2.05, 4.69) is 14.7 Å². The molecule has 1 aromatic rings. The van der Waals surface area contributed by atoms with Gasteiger partial charge in [-0.3, -0.25) is 0 Å². The molecule has 0 aromatic carbocycles. The summed E-state index contributed by atoms with van der Waals surface area (Å²) in [6.45, 7) is 0. The van der Waals surface area contributed by atoms with Gasteiger partial charge in [0.1, 0.15) is 11.5 Å². The Morgan fingerprint density at radius 3 is 2.59 bits per heavy atom. The number of imidazole rings is 1. The predicted molar refractivity (Wildman–Crippen MR) is 57.3 cm³/mol. The van der Waals surface area contributed by atoms with Crippen LogP contribution in [-0.2, 0) is 15.7 Å². The summed E-state index contributed by atoms with van der Waals surface area (Å²) >= 11 is 0. The quantitative estimate of drug-likeness (QED) is 0.566. The molecular weight excluding hydrogens is 248 g/mol. The molecule has 0 amide bonds. The second-order valence-electron chi connectivity index (χ2n) is 4.03. The van der Waals surface area contributed by atoms with Crippen molar-refractivity contribution in [3.63, 3.8) is 0 Å². The first-order chi connectivity index (χ1) is 7.82. The number of aromatic carboxylic acids is 1. The van der Waals surface area contributed by atoms with E-state index in [1.54, 1.807) is 0 Å². The molecule has 5 N–H and O–H groups in total. The number of nitrogens with two attached hydrogens (primary N) is 1. The summed E-state index contributed by atoms with van der Waals surface area (Å²) in [5, 5.41) is 13.7. The number of carboxylic acids is 1. The summed E-state index contributed by atoms with van der Waals surface area (Å²) in [6, 6.07) is 0. The van der Waals surface area contributed by atoms with Crippen LogP contribution in [0, 0.1) is 0 Å². The van der Waals surface area contributed by atoms with Crippen LogP contribution in [0.15, 0.2) is 6.20 Å². The minimum atomic E-state index is -3.86. The zero-order chi connectivity index (χ0) is 12.7. The number of carboxylic acid groups (broad SMARTS) is 1. The number of rotatable bonds is 4. The molecule has 2 rings (SSSR count). The third-order valence-electron chi connectivity index (χ3n) is 2.80. The van der Waals surface area contributed by atoms with Crippen LogP contribution in [0.4, 0.5) is 0 Å². The van der Waals surface area contributed by atoms with Crippen LogP contribution < -0.4 is 9.86 Å². The minimum Gasteiger partial charge on any atom is -0.477 e. The van der Waals surface area contributed by atoms with Crippen molar-refractivity contribution in [2.75, 3.05) is 0 Å². The molecule has 1 aromatic heterocycles. The van der Waals surface area contributed by atoms with Gasteiger partial charge in [-0.15, -0.1) is 0 Å². The van der Waals surface area contributed by atoms with Gasteiger partial charge in [-0.05, 0) is 19.3 Å². The molecule has 1 saturated carbocycles. The number of hydrogen-bond acceptors (Lipinski definition) is 4. The molecule has 8 nitrogen and oxygen atoms in total. The maximum absolute atomic E-state index is 11.1. The highest BCUT2D eigenvalue weighted by atomic mass is 32.2. The third kappa shape index (κ3) is 2.30. The lowest BCUT2D eigenvalue weighted by Crippen LogP contribution is -2.53. The highest BCUT2D eigenvalue weighted by molar-refractivity contribution is 7.87. The van der Waals surface area contributed by atoms with Crippen molar-refractivity contribution in [2.24, 2.45) is 5.14 Å². The van der Waals surface area contributed by atoms with Crippen LogP contribution in [0.3, 0.4) is 0 Å². The van der Waals surface area contributed by atoms with Crippen molar-refractivity contribution in [1.29, 1.82) is 0 Å². The number of nitrogens with zero attached hydrogens (tertiary/aromatic N) is 1. The molecule has 0 radical (unpaired) electrons. The maximum atomic E-state index is 11.1. The lowest BCUT2D eigenvalue weighted by Gasteiger charge is -2.39. The number of hydrogen-bond donors (Lipinski definition) is 4. The molecule has 0 saturated heterocycles. The van der Waals surface area contributed by atoms with Crippen molar-refractivity contribution in [3.8, 4) is 0 Å². The van der Waals surface area contributed by atoms with E-state index in [1.165, 1.54) is 0 Å². The predicted octanol–water partition coefficient (Wildman–Crippen LogP) is -0.720. The second-order valence-corrected chi connectivity index (χ2v) is 5.33. The van der Waals surface area contributed by atoms with Crippen LogP contribution in [0.2, 0.25) is 0 Å². The Labute approximate surface area is 97.4 Å². The Balaban J connectivity index is 2.31. The molecular formula is C8H12N4O4S. The Hall–Kier alpha value is -1.45. The molecule has 9 heteroatoms. The Bertz CT molecular complexity index is 546. The Morgan fingerprint density at radius 1 is 1.59 bits per heavy atom. The summed E-state index contributed by atoms with van der Waals surface area (Å²) in [6.07, 6.45) is 3.06. The number of nitrogens with one attached hydrogen (secondary N) is 2. The summed E-state index contributed by atoms with van der Waals surface area (Å²) in [7, 11) is -3.86. The minimum absolute atomic E-state index is 0.0810. The summed E-state index contributed by atoms with van der Waals surface area (Å²) in [5.74, 6) is -0.857. The van der Waals surface area contributed by atoms with Gasteiger partial charge < -0.3 is 10.1 Å². The van der Waals surface area contributed by atoms with Gasteiger partial charge in [-0.2, -0.15) is 13.1 Å². The molecule has 0 unspecified atom stereocenters. The summed E-state index contributed by atoms with van der Waals surface area (Å²) in [4.78, 5) is 17.2. The first-order valence-electron chi connectivity index (χ1n) is 4.93. The molecule has 1 aliphatic carbocycles. The van der Waals surface area contributed by atoms with Crippen molar-refractivity contribution in [2.45, 2.75) is 24.8 Å². The van der Waals surface area contributed by atoms with Gasteiger partial charge >= 0.3 is 5.97 Å². The molecule has 0 atom stereocenters. The van der Waals surface area contributed by atoms with E-state index >= 15 is 0 Å². The molecule has 0 bridgehead atoms. The molecule has 17 heavy (non-hydrogen) atoms. The highest BCUT2D eigenvalue weighted by Crippen LogP contribution is 2.40. The van der Waals surface area contributed by atoms with E-state index in [9.17, 15) is 13.2 Å². The molecule has 1 heterocycles. The van der Waals surface area contributed by atoms with E-state index < -0.39 is 21.7 Å². The zero-order valence-electron chi connectivity index (χ0n) is 8.80. The smallest absolute Gasteiger partial charge is 0.353 e. The van der Waals surface area contributed by atoms with E-state index in [1.807, 2.05) is 0 Å². The fraction of sp³-hybridized carbons (Fsp3) is 0.500. The van der Waals surface area contributed by atoms with Crippen molar-refractivity contribution < 1.29 is 18.3 Å². The van der Waals surface area contributed by atoms with E-state index in [0.29, 0.717) is 12.8 Å². The van der Waals surface area contributed by atoms with Gasteiger partial charge in [0.05, 0.1) is 11.7 Å². The SMILES string of the molecule is NS(=O)(=O)NC1(c2ncc(C(=O)O)[nH]2)CCC1. The normalized spacial score (nSPS) is 18.6. The van der Waals surface area contributed by atoms with Crippen molar-refractivity contribution in [1.82, 2.24) is 14.7 Å². The Morgan fingerprint density at radius 2 is 2.24 bits per heavy atom. The number of carbonyl (C=O) groups is 1. The van der Waals surface area contributed by atoms with Crippen LogP contribution >= 0.6 is 0 Å². The number of aromatic amines is 1. The molecule has 0 aliphatic heterocycles. The van der Waals surface area contributed by atoms with E-state index in [0.717, 1.165) is 12.6 Å². The van der Waals surface area contributed by atoms with E-state index in [4.69, 9.17) is 10.2 Å². The highest BCUT2D eigenvalue weighted by Gasteiger charge is 2.44. The van der Waals surface area contributed by atoms with Gasteiger partial charge in [0.25, 0.3) is 10.2 Å². The summed E-state index contributed by atoms with van der Waals surface area (Å²) in [5.41, 5.74) is -0.969. The number of H-pyrrole nitrogens is 1. The van der Waals surface area contributed by atoms with Crippen LogP contribution in [0.5, 0.6) is 0 Å². The van der Waals surface area contributed by atoms with Crippen molar-refractivity contribution >= 4 is 16.2 Å². The van der Waals surface area contributed by atoms with Crippen LogP contribution in [0.25, 0.3) is 0 Å². The first kappa shape index (κ1) is 12.0. The topological polar surface area (TPSA) is 138 Å². The first-order valence-corrected chi connectivity index (χ1v) is 6.47. The third-order valence-corrected chi connectivity index (χ3v) is 3.48. The molecule has 94 valence electrons. The van der Waals surface area contributed by atoms with Gasteiger partial charge in [0.2, 0.25) is 0 Å². The average Bonchev–Trinajstić information content (AvgIpc) is 2.58. The van der Waals surface area contributed by atoms with Crippen LogP contribution in [-0.4, -0.2) is 29.5 Å². The standard InChI is InChI=1S/C8H12N4O4S/c9-17(15,16)12-8(2-1-3-8)7-10-4-5(11-7)6(13)14/h4,12H,1-3H2,(H,10,11)(H,13,14)(H2,9,15,16). The van der Waals surface area contributed by atoms with Gasteiger partial charge in [-0.25, -0.2) is 14.9 Å². The Kier molecular flexibility index (Phi) is 2.68. The zero-order valence-corrected chi connectivity index (χ0v) is 9.62. The average molecular weight is 260 g/mol.